The monoisotopic (exact) mass is 359 g/mol. The Bertz CT molecular complexity index is 948. The second kappa shape index (κ2) is 6.78. The van der Waals surface area contributed by atoms with Crippen molar-refractivity contribution < 1.29 is 4.79 Å². The lowest BCUT2D eigenvalue weighted by molar-refractivity contribution is -0.116. The van der Waals surface area contributed by atoms with E-state index in [1.807, 2.05) is 43.5 Å². The zero-order chi connectivity index (χ0) is 17.3. The van der Waals surface area contributed by atoms with Gasteiger partial charge in [0, 0.05) is 10.4 Å². The second-order valence-corrected chi connectivity index (χ2v) is 7.73. The Labute approximate surface area is 147 Å². The molecule has 1 unspecified atom stereocenters. The number of fused-ring (bicyclic) bond motifs is 1. The van der Waals surface area contributed by atoms with Crippen LogP contribution in [-0.2, 0) is 4.79 Å². The smallest absolute Gasteiger partial charge is 0.272 e. The molecule has 24 heavy (non-hydrogen) atoms. The highest BCUT2D eigenvalue weighted by Gasteiger charge is 2.18. The SMILES string of the molecule is CSC(C)C(=O)Nn1cnc2sc(C)c(-c3ccccc3)c2c1=O. The van der Waals surface area contributed by atoms with Gasteiger partial charge in [-0.3, -0.25) is 15.0 Å². The van der Waals surface area contributed by atoms with Gasteiger partial charge in [0.2, 0.25) is 0 Å². The van der Waals surface area contributed by atoms with Crippen LogP contribution < -0.4 is 11.0 Å². The molecule has 124 valence electrons. The molecule has 0 aliphatic rings. The first-order valence-corrected chi connectivity index (χ1v) is 9.53. The Kier molecular flexibility index (Phi) is 4.73. The molecule has 3 rings (SSSR count). The quantitative estimate of drug-likeness (QED) is 0.777. The fourth-order valence-corrected chi connectivity index (χ4v) is 3.72. The average Bonchev–Trinajstić information content (AvgIpc) is 2.94. The van der Waals surface area contributed by atoms with Gasteiger partial charge in [-0.25, -0.2) is 9.66 Å². The standard InChI is InChI=1S/C17H17N3O2S2/c1-10-13(12-7-5-4-6-8-12)14-16(24-10)18-9-20(17(14)22)19-15(21)11(2)23-3/h4-9,11H,1-3H3,(H,19,21). The van der Waals surface area contributed by atoms with Gasteiger partial charge in [-0.05, 0) is 25.7 Å². The van der Waals surface area contributed by atoms with Crippen LogP contribution in [0, 0.1) is 6.92 Å². The van der Waals surface area contributed by atoms with E-state index in [9.17, 15) is 9.59 Å². The molecule has 0 aliphatic heterocycles. The molecule has 7 heteroatoms. The topological polar surface area (TPSA) is 64.0 Å². The number of hydrogen-bond acceptors (Lipinski definition) is 5. The maximum absolute atomic E-state index is 12.9. The molecule has 1 amide bonds. The van der Waals surface area contributed by atoms with E-state index < -0.39 is 0 Å². The summed E-state index contributed by atoms with van der Waals surface area (Å²) >= 11 is 2.90. The van der Waals surface area contributed by atoms with Crippen LogP contribution in [0.3, 0.4) is 0 Å². The summed E-state index contributed by atoms with van der Waals surface area (Å²) in [6.07, 6.45) is 3.23. The lowest BCUT2D eigenvalue weighted by Gasteiger charge is -2.11. The van der Waals surface area contributed by atoms with Gasteiger partial charge in [-0.1, -0.05) is 30.3 Å². The first-order chi connectivity index (χ1) is 11.5. The maximum atomic E-state index is 12.9. The molecule has 2 aromatic heterocycles. The van der Waals surface area contributed by atoms with Gasteiger partial charge in [-0.2, -0.15) is 11.8 Å². The van der Waals surface area contributed by atoms with Crippen LogP contribution in [0.1, 0.15) is 11.8 Å². The third kappa shape index (κ3) is 2.97. The number of rotatable bonds is 4. The van der Waals surface area contributed by atoms with E-state index in [4.69, 9.17) is 0 Å². The van der Waals surface area contributed by atoms with Crippen LogP contribution >= 0.6 is 23.1 Å². The predicted molar refractivity (Wildman–Crippen MR) is 101 cm³/mol. The molecule has 2 heterocycles. The number of nitrogens with one attached hydrogen (secondary N) is 1. The van der Waals surface area contributed by atoms with Gasteiger partial charge in [0.1, 0.15) is 11.2 Å². The number of aryl methyl sites for hydroxylation is 1. The van der Waals surface area contributed by atoms with Crippen LogP contribution in [0.5, 0.6) is 0 Å². The van der Waals surface area contributed by atoms with E-state index in [1.165, 1.54) is 34.1 Å². The van der Waals surface area contributed by atoms with Crippen LogP contribution in [0.4, 0.5) is 0 Å². The molecule has 1 aromatic carbocycles. The highest BCUT2D eigenvalue weighted by molar-refractivity contribution is 7.99. The fraction of sp³-hybridized carbons (Fsp3) is 0.235. The van der Waals surface area contributed by atoms with E-state index in [2.05, 4.69) is 10.4 Å². The van der Waals surface area contributed by atoms with Gasteiger partial charge in [0.25, 0.3) is 11.5 Å². The number of thiophene rings is 1. The summed E-state index contributed by atoms with van der Waals surface area (Å²) in [6.45, 7) is 3.77. The van der Waals surface area contributed by atoms with Crippen molar-refractivity contribution in [1.29, 1.82) is 0 Å². The Balaban J connectivity index is 2.15. The van der Waals surface area contributed by atoms with Crippen molar-refractivity contribution in [3.8, 4) is 11.1 Å². The summed E-state index contributed by atoms with van der Waals surface area (Å²) in [5.41, 5.74) is 4.23. The Morgan fingerprint density at radius 1 is 1.33 bits per heavy atom. The Morgan fingerprint density at radius 2 is 2.04 bits per heavy atom. The number of thioether (sulfide) groups is 1. The number of benzene rings is 1. The predicted octanol–water partition coefficient (Wildman–Crippen LogP) is 3.26. The van der Waals surface area contributed by atoms with Gasteiger partial charge in [0.15, 0.2) is 0 Å². The summed E-state index contributed by atoms with van der Waals surface area (Å²) in [7, 11) is 0. The van der Waals surface area contributed by atoms with Crippen molar-refractivity contribution in [3.63, 3.8) is 0 Å². The van der Waals surface area contributed by atoms with Crippen LogP contribution in [-0.4, -0.2) is 27.1 Å². The lowest BCUT2D eigenvalue weighted by atomic mass is 10.0. The van der Waals surface area contributed by atoms with Crippen molar-refractivity contribution in [2.45, 2.75) is 19.1 Å². The van der Waals surface area contributed by atoms with Crippen LogP contribution in [0.2, 0.25) is 0 Å². The van der Waals surface area contributed by atoms with Crippen molar-refractivity contribution in [2.75, 3.05) is 11.7 Å². The number of hydrogen-bond donors (Lipinski definition) is 1. The maximum Gasteiger partial charge on any atom is 0.281 e. The first kappa shape index (κ1) is 16.7. The molecule has 0 saturated heterocycles. The van der Waals surface area contributed by atoms with Gasteiger partial charge in [-0.15, -0.1) is 11.3 Å². The fourth-order valence-electron chi connectivity index (χ4n) is 2.45. The minimum absolute atomic E-state index is 0.223. The Hall–Kier alpha value is -2.12. The average molecular weight is 359 g/mol. The van der Waals surface area contributed by atoms with Crippen molar-refractivity contribution >= 4 is 39.2 Å². The summed E-state index contributed by atoms with van der Waals surface area (Å²) < 4.78 is 1.18. The van der Waals surface area contributed by atoms with E-state index in [1.54, 1.807) is 6.92 Å². The molecule has 0 saturated carbocycles. The number of aromatic nitrogens is 2. The second-order valence-electron chi connectivity index (χ2n) is 5.35. The zero-order valence-corrected chi connectivity index (χ0v) is 15.2. The number of amides is 1. The van der Waals surface area contributed by atoms with Crippen molar-refractivity contribution in [3.05, 3.63) is 51.9 Å². The largest absolute Gasteiger partial charge is 0.281 e. The molecular weight excluding hydrogens is 342 g/mol. The number of carbonyl (C=O) groups excluding carboxylic acids is 1. The summed E-state index contributed by atoms with van der Waals surface area (Å²) in [6, 6.07) is 9.76. The molecule has 0 spiro atoms. The number of nitrogens with zero attached hydrogens (tertiary/aromatic N) is 2. The van der Waals surface area contributed by atoms with Crippen LogP contribution in [0.15, 0.2) is 41.5 Å². The molecular formula is C17H17N3O2S2. The first-order valence-electron chi connectivity index (χ1n) is 7.42. The van der Waals surface area contributed by atoms with Gasteiger partial charge in [0.05, 0.1) is 10.6 Å². The molecule has 1 atom stereocenters. The third-order valence-electron chi connectivity index (χ3n) is 3.80. The third-order valence-corrected chi connectivity index (χ3v) is 5.74. The van der Waals surface area contributed by atoms with Crippen LogP contribution in [0.25, 0.3) is 21.3 Å². The molecule has 0 bridgehead atoms. The summed E-state index contributed by atoms with van der Waals surface area (Å²) in [4.78, 5) is 31.0. The van der Waals surface area contributed by atoms with Crippen molar-refractivity contribution in [2.24, 2.45) is 0 Å². The van der Waals surface area contributed by atoms with E-state index >= 15 is 0 Å². The van der Waals surface area contributed by atoms with Crippen molar-refractivity contribution in [1.82, 2.24) is 9.66 Å². The minimum Gasteiger partial charge on any atom is -0.272 e. The number of carbonyl (C=O) groups is 1. The highest BCUT2D eigenvalue weighted by atomic mass is 32.2. The van der Waals surface area contributed by atoms with Gasteiger partial charge < -0.3 is 0 Å². The molecule has 3 aromatic rings. The Morgan fingerprint density at radius 3 is 2.71 bits per heavy atom. The zero-order valence-electron chi connectivity index (χ0n) is 13.6. The summed E-state index contributed by atoms with van der Waals surface area (Å²) in [5.74, 6) is -0.223. The van der Waals surface area contributed by atoms with E-state index in [-0.39, 0.29) is 16.7 Å². The van der Waals surface area contributed by atoms with E-state index in [0.29, 0.717) is 10.2 Å². The lowest BCUT2D eigenvalue weighted by Crippen LogP contribution is -2.36. The molecule has 0 aliphatic carbocycles. The minimum atomic E-state index is -0.259. The molecule has 1 N–H and O–H groups in total. The van der Waals surface area contributed by atoms with E-state index in [0.717, 1.165) is 16.0 Å². The molecule has 0 fully saturated rings. The summed E-state index contributed by atoms with van der Waals surface area (Å²) in [5, 5.41) is 0.300. The molecule has 0 radical (unpaired) electrons. The molecule has 5 nitrogen and oxygen atoms in total. The highest BCUT2D eigenvalue weighted by Crippen LogP contribution is 2.35. The van der Waals surface area contributed by atoms with Gasteiger partial charge >= 0.3 is 0 Å². The normalized spacial score (nSPS) is 12.3.